The van der Waals surface area contributed by atoms with Gasteiger partial charge in [0.2, 0.25) is 0 Å². The Labute approximate surface area is 131 Å². The van der Waals surface area contributed by atoms with Crippen LogP contribution in [0.25, 0.3) is 0 Å². The van der Waals surface area contributed by atoms with E-state index in [1.807, 2.05) is 0 Å². The summed E-state index contributed by atoms with van der Waals surface area (Å²) in [5.41, 5.74) is -0.146. The molecule has 23 heavy (non-hydrogen) atoms. The number of rotatable bonds is 5. The molecule has 1 aromatic carbocycles. The van der Waals surface area contributed by atoms with Crippen LogP contribution in [0.2, 0.25) is 0 Å². The van der Waals surface area contributed by atoms with E-state index in [4.69, 9.17) is 4.74 Å². The van der Waals surface area contributed by atoms with Crippen LogP contribution in [0, 0.1) is 0 Å². The second-order valence-corrected chi connectivity index (χ2v) is 4.92. The first-order valence-electron chi connectivity index (χ1n) is 6.86. The molecule has 0 saturated heterocycles. The Kier molecular flexibility index (Phi) is 4.92. The van der Waals surface area contributed by atoms with Crippen molar-refractivity contribution in [2.75, 3.05) is 0 Å². The summed E-state index contributed by atoms with van der Waals surface area (Å²) in [7, 11) is 1.72. The first kappa shape index (κ1) is 16.9. The fourth-order valence-electron chi connectivity index (χ4n) is 1.94. The van der Waals surface area contributed by atoms with E-state index in [1.54, 1.807) is 24.0 Å². The zero-order chi connectivity index (χ0) is 17.0. The third kappa shape index (κ3) is 4.24. The summed E-state index contributed by atoms with van der Waals surface area (Å²) in [6, 6.07) is 6.52. The Morgan fingerprint density at radius 3 is 2.65 bits per heavy atom. The fourth-order valence-corrected chi connectivity index (χ4v) is 1.94. The Morgan fingerprint density at radius 1 is 1.35 bits per heavy atom. The number of para-hydroxylation sites is 1. The molecule has 1 aromatic heterocycles. The lowest BCUT2D eigenvalue weighted by Gasteiger charge is -2.18. The highest BCUT2D eigenvalue weighted by Gasteiger charge is 2.34. The van der Waals surface area contributed by atoms with Crippen molar-refractivity contribution in [2.45, 2.75) is 25.7 Å². The van der Waals surface area contributed by atoms with Gasteiger partial charge in [0.05, 0.1) is 17.8 Å². The van der Waals surface area contributed by atoms with Crippen LogP contribution in [0.3, 0.4) is 0 Å². The number of halogens is 3. The van der Waals surface area contributed by atoms with Crippen LogP contribution < -0.4 is 10.1 Å². The molecule has 124 valence electrons. The molecule has 1 N–H and O–H groups in total. The Balaban J connectivity index is 2.00. The molecule has 0 spiro atoms. The maximum Gasteiger partial charge on any atom is 0.419 e. The number of hydrogen-bond donors (Lipinski definition) is 1. The molecule has 1 unspecified atom stereocenters. The summed E-state index contributed by atoms with van der Waals surface area (Å²) in [6.45, 7) is 1.61. The van der Waals surface area contributed by atoms with E-state index in [2.05, 4.69) is 10.4 Å². The standard InChI is InChI=1S/C15H16F3N3O2/c1-10(14(22)19-9-11-7-8-20-21(11)2)23-13-6-4-3-5-12(13)15(16,17)18/h3-8,10H,9H2,1-2H3,(H,19,22). The van der Waals surface area contributed by atoms with Gasteiger partial charge in [-0.3, -0.25) is 9.48 Å². The zero-order valence-electron chi connectivity index (χ0n) is 12.6. The van der Waals surface area contributed by atoms with Crippen molar-refractivity contribution in [3.63, 3.8) is 0 Å². The monoisotopic (exact) mass is 327 g/mol. The highest BCUT2D eigenvalue weighted by Crippen LogP contribution is 2.36. The van der Waals surface area contributed by atoms with Gasteiger partial charge in [-0.15, -0.1) is 0 Å². The van der Waals surface area contributed by atoms with E-state index >= 15 is 0 Å². The summed E-state index contributed by atoms with van der Waals surface area (Å²) in [5.74, 6) is -0.883. The largest absolute Gasteiger partial charge is 0.480 e. The molecular formula is C15H16F3N3O2. The predicted molar refractivity (Wildman–Crippen MR) is 76.6 cm³/mol. The van der Waals surface area contributed by atoms with Gasteiger partial charge in [-0.2, -0.15) is 18.3 Å². The fraction of sp³-hybridized carbons (Fsp3) is 0.333. The van der Waals surface area contributed by atoms with Crippen LogP contribution in [-0.2, 0) is 24.6 Å². The van der Waals surface area contributed by atoms with Crippen molar-refractivity contribution in [1.82, 2.24) is 15.1 Å². The second-order valence-electron chi connectivity index (χ2n) is 4.92. The molecule has 0 aliphatic heterocycles. The number of nitrogens with zero attached hydrogens (tertiary/aromatic N) is 2. The molecule has 2 aromatic rings. The van der Waals surface area contributed by atoms with E-state index in [-0.39, 0.29) is 12.3 Å². The molecule has 1 atom stereocenters. The number of amides is 1. The number of alkyl halides is 3. The summed E-state index contributed by atoms with van der Waals surface area (Å²) in [6.07, 6.45) is -4.02. The highest BCUT2D eigenvalue weighted by atomic mass is 19.4. The molecule has 5 nitrogen and oxygen atoms in total. The van der Waals surface area contributed by atoms with E-state index in [9.17, 15) is 18.0 Å². The van der Waals surface area contributed by atoms with E-state index in [0.717, 1.165) is 11.8 Å². The number of ether oxygens (including phenoxy) is 1. The summed E-state index contributed by atoms with van der Waals surface area (Å²) in [4.78, 5) is 12.0. The smallest absolute Gasteiger partial charge is 0.419 e. The van der Waals surface area contributed by atoms with Gasteiger partial charge in [-0.05, 0) is 25.1 Å². The highest BCUT2D eigenvalue weighted by molar-refractivity contribution is 5.80. The first-order chi connectivity index (χ1) is 10.8. The maximum absolute atomic E-state index is 12.9. The van der Waals surface area contributed by atoms with Gasteiger partial charge in [0.15, 0.2) is 6.10 Å². The van der Waals surface area contributed by atoms with Gasteiger partial charge in [-0.25, -0.2) is 0 Å². The van der Waals surface area contributed by atoms with Crippen LogP contribution in [0.1, 0.15) is 18.2 Å². The Hall–Kier alpha value is -2.51. The number of nitrogens with one attached hydrogen (secondary N) is 1. The van der Waals surface area contributed by atoms with E-state index in [0.29, 0.717) is 0 Å². The van der Waals surface area contributed by atoms with Crippen molar-refractivity contribution < 1.29 is 22.7 Å². The molecule has 0 bridgehead atoms. The lowest BCUT2D eigenvalue weighted by molar-refractivity contribution is -0.140. The SMILES string of the molecule is CC(Oc1ccccc1C(F)(F)F)C(=O)NCc1ccnn1C. The van der Waals surface area contributed by atoms with Crippen LogP contribution in [0.15, 0.2) is 36.5 Å². The maximum atomic E-state index is 12.9. The number of carbonyl (C=O) groups excluding carboxylic acids is 1. The molecule has 0 aliphatic carbocycles. The van der Waals surface area contributed by atoms with Gasteiger partial charge >= 0.3 is 6.18 Å². The predicted octanol–water partition coefficient (Wildman–Crippen LogP) is 2.52. The van der Waals surface area contributed by atoms with Crippen molar-refractivity contribution in [3.05, 3.63) is 47.8 Å². The average Bonchev–Trinajstić information content (AvgIpc) is 2.89. The van der Waals surface area contributed by atoms with Crippen molar-refractivity contribution in [2.24, 2.45) is 7.05 Å². The third-order valence-corrected chi connectivity index (χ3v) is 3.23. The zero-order valence-corrected chi connectivity index (χ0v) is 12.6. The lowest BCUT2D eigenvalue weighted by atomic mass is 10.2. The Morgan fingerprint density at radius 2 is 2.04 bits per heavy atom. The summed E-state index contributed by atoms with van der Waals surface area (Å²) < 4.78 is 45.4. The molecule has 2 rings (SSSR count). The quantitative estimate of drug-likeness (QED) is 0.918. The number of carbonyl (C=O) groups is 1. The van der Waals surface area contributed by atoms with Gasteiger partial charge < -0.3 is 10.1 Å². The van der Waals surface area contributed by atoms with Gasteiger partial charge in [-0.1, -0.05) is 12.1 Å². The minimum Gasteiger partial charge on any atom is -0.480 e. The van der Waals surface area contributed by atoms with Gasteiger partial charge in [0.1, 0.15) is 5.75 Å². The van der Waals surface area contributed by atoms with E-state index in [1.165, 1.54) is 25.1 Å². The molecule has 1 amide bonds. The minimum atomic E-state index is -4.54. The normalized spacial score (nSPS) is 12.7. The summed E-state index contributed by atoms with van der Waals surface area (Å²) in [5, 5.41) is 6.55. The van der Waals surface area contributed by atoms with Crippen LogP contribution in [0.4, 0.5) is 13.2 Å². The number of benzene rings is 1. The first-order valence-corrected chi connectivity index (χ1v) is 6.86. The summed E-state index contributed by atoms with van der Waals surface area (Å²) >= 11 is 0. The van der Waals surface area contributed by atoms with Crippen molar-refractivity contribution in [1.29, 1.82) is 0 Å². The lowest BCUT2D eigenvalue weighted by Crippen LogP contribution is -2.36. The van der Waals surface area contributed by atoms with Crippen LogP contribution in [0.5, 0.6) is 5.75 Å². The molecule has 8 heteroatoms. The number of aromatic nitrogens is 2. The molecule has 0 saturated carbocycles. The van der Waals surface area contributed by atoms with Gasteiger partial charge in [0.25, 0.3) is 5.91 Å². The molecule has 0 radical (unpaired) electrons. The van der Waals surface area contributed by atoms with Gasteiger partial charge in [0, 0.05) is 13.2 Å². The number of aryl methyl sites for hydroxylation is 1. The van der Waals surface area contributed by atoms with Crippen LogP contribution >= 0.6 is 0 Å². The topological polar surface area (TPSA) is 56.1 Å². The third-order valence-electron chi connectivity index (χ3n) is 3.23. The number of hydrogen-bond acceptors (Lipinski definition) is 3. The molecule has 0 aliphatic rings. The van der Waals surface area contributed by atoms with E-state index < -0.39 is 23.8 Å². The van der Waals surface area contributed by atoms with Crippen molar-refractivity contribution >= 4 is 5.91 Å². The molecule has 1 heterocycles. The molecular weight excluding hydrogens is 311 g/mol. The Bertz CT molecular complexity index is 683. The minimum absolute atomic E-state index is 0.212. The van der Waals surface area contributed by atoms with Crippen LogP contribution in [-0.4, -0.2) is 21.8 Å². The van der Waals surface area contributed by atoms with Crippen molar-refractivity contribution in [3.8, 4) is 5.75 Å². The average molecular weight is 327 g/mol. The second kappa shape index (κ2) is 6.72. The molecule has 0 fully saturated rings.